The van der Waals surface area contributed by atoms with Crippen molar-refractivity contribution in [3.8, 4) is 0 Å². The Morgan fingerprint density at radius 3 is 2.50 bits per heavy atom. The van der Waals surface area contributed by atoms with E-state index in [4.69, 9.17) is 4.74 Å². The first-order chi connectivity index (χ1) is 13.5. The van der Waals surface area contributed by atoms with Crippen molar-refractivity contribution in [3.63, 3.8) is 0 Å². The van der Waals surface area contributed by atoms with Crippen molar-refractivity contribution < 1.29 is 18.7 Å². The minimum Gasteiger partial charge on any atom is -0.450 e. The molecule has 9 heteroatoms. The van der Waals surface area contributed by atoms with Gasteiger partial charge in [0.1, 0.15) is 17.3 Å². The summed E-state index contributed by atoms with van der Waals surface area (Å²) in [5.74, 6) is -0.182. The highest BCUT2D eigenvalue weighted by Crippen LogP contribution is 2.15. The molecule has 2 N–H and O–H groups in total. The second kappa shape index (κ2) is 9.12. The molecule has 1 fully saturated rings. The second-order valence-electron chi connectivity index (χ2n) is 6.35. The zero-order chi connectivity index (χ0) is 19.9. The first-order valence-corrected chi connectivity index (χ1v) is 9.12. The Kier molecular flexibility index (Phi) is 6.36. The van der Waals surface area contributed by atoms with E-state index in [1.807, 2.05) is 0 Å². The third-order valence-electron chi connectivity index (χ3n) is 4.36. The van der Waals surface area contributed by atoms with Gasteiger partial charge in [-0.15, -0.1) is 0 Å². The molecular weight excluding hydrogens is 365 g/mol. The van der Waals surface area contributed by atoms with Gasteiger partial charge in [-0.3, -0.25) is 4.79 Å². The molecule has 1 saturated heterocycles. The summed E-state index contributed by atoms with van der Waals surface area (Å²) in [5, 5.41) is 5.90. The topological polar surface area (TPSA) is 96.5 Å². The molecule has 28 heavy (non-hydrogen) atoms. The molecule has 0 unspecified atom stereocenters. The molecule has 0 atom stereocenters. The third-order valence-corrected chi connectivity index (χ3v) is 4.36. The highest BCUT2D eigenvalue weighted by Gasteiger charge is 2.25. The van der Waals surface area contributed by atoms with Crippen LogP contribution in [0, 0.1) is 5.82 Å². The van der Waals surface area contributed by atoms with Crippen LogP contribution in [0.3, 0.4) is 0 Å². The molecule has 0 bridgehead atoms. The van der Waals surface area contributed by atoms with E-state index in [1.165, 1.54) is 24.5 Å². The van der Waals surface area contributed by atoms with Gasteiger partial charge in [-0.05, 0) is 44.0 Å². The molecular formula is C19H22FN5O3. The maximum atomic E-state index is 12.9. The number of nitrogens with one attached hydrogen (secondary N) is 2. The number of benzene rings is 1. The predicted octanol–water partition coefficient (Wildman–Crippen LogP) is 2.71. The van der Waals surface area contributed by atoms with Crippen LogP contribution < -0.4 is 10.6 Å². The fourth-order valence-electron chi connectivity index (χ4n) is 2.87. The number of carbonyl (C=O) groups excluding carboxylic acids is 2. The number of halogens is 1. The summed E-state index contributed by atoms with van der Waals surface area (Å²) in [6.07, 6.45) is 3.82. The molecule has 2 aromatic rings. The minimum absolute atomic E-state index is 0.0306. The normalized spacial score (nSPS) is 14.4. The monoisotopic (exact) mass is 387 g/mol. The van der Waals surface area contributed by atoms with Crippen molar-refractivity contribution in [1.82, 2.24) is 20.2 Å². The van der Waals surface area contributed by atoms with Crippen molar-refractivity contribution in [2.24, 2.45) is 0 Å². The van der Waals surface area contributed by atoms with Crippen LogP contribution in [-0.2, 0) is 4.74 Å². The number of nitrogens with zero attached hydrogens (tertiary/aromatic N) is 3. The summed E-state index contributed by atoms with van der Waals surface area (Å²) in [5.41, 5.74) is 0.874. The van der Waals surface area contributed by atoms with Crippen LogP contribution in [0.4, 0.5) is 20.7 Å². The van der Waals surface area contributed by atoms with E-state index in [9.17, 15) is 14.0 Å². The van der Waals surface area contributed by atoms with Crippen molar-refractivity contribution in [2.75, 3.05) is 25.0 Å². The minimum atomic E-state index is -0.322. The number of hydrogen-bond donors (Lipinski definition) is 2. The number of anilines is 2. The van der Waals surface area contributed by atoms with E-state index in [0.29, 0.717) is 44.0 Å². The summed E-state index contributed by atoms with van der Waals surface area (Å²) in [6.45, 7) is 3.19. The van der Waals surface area contributed by atoms with Crippen LogP contribution in [0.1, 0.15) is 30.3 Å². The third kappa shape index (κ3) is 5.15. The largest absolute Gasteiger partial charge is 0.450 e. The number of carbonyl (C=O) groups is 2. The molecule has 0 radical (unpaired) electrons. The van der Waals surface area contributed by atoms with Gasteiger partial charge in [0.2, 0.25) is 0 Å². The lowest BCUT2D eigenvalue weighted by molar-refractivity contribution is 0.0856. The Labute approximate surface area is 162 Å². The fraction of sp³-hybridized carbons (Fsp3) is 0.368. The standard InChI is InChI=1S/C19H22FN5O3/c1-2-28-19(27)25-9-7-15(8-10-25)24-18(26)16-11-22-17(12-21-16)23-14-5-3-13(20)4-6-14/h3-6,11-12,15H,2,7-10H2,1H3,(H,22,23)(H,24,26). The average molecular weight is 387 g/mol. The maximum Gasteiger partial charge on any atom is 0.409 e. The molecule has 148 valence electrons. The maximum absolute atomic E-state index is 12.9. The van der Waals surface area contributed by atoms with E-state index in [-0.39, 0.29) is 29.6 Å². The lowest BCUT2D eigenvalue weighted by Crippen LogP contribution is -2.46. The van der Waals surface area contributed by atoms with Crippen molar-refractivity contribution in [1.29, 1.82) is 0 Å². The van der Waals surface area contributed by atoms with E-state index in [1.54, 1.807) is 24.0 Å². The van der Waals surface area contributed by atoms with E-state index in [0.717, 1.165) is 0 Å². The Morgan fingerprint density at radius 1 is 1.18 bits per heavy atom. The zero-order valence-electron chi connectivity index (χ0n) is 15.5. The van der Waals surface area contributed by atoms with Gasteiger partial charge in [-0.2, -0.15) is 0 Å². The van der Waals surface area contributed by atoms with Gasteiger partial charge in [0.05, 0.1) is 19.0 Å². The van der Waals surface area contributed by atoms with Crippen molar-refractivity contribution >= 4 is 23.5 Å². The number of hydrogen-bond acceptors (Lipinski definition) is 6. The van der Waals surface area contributed by atoms with Gasteiger partial charge in [-0.25, -0.2) is 19.2 Å². The van der Waals surface area contributed by atoms with Crippen molar-refractivity contribution in [2.45, 2.75) is 25.8 Å². The molecule has 8 nitrogen and oxygen atoms in total. The summed E-state index contributed by atoms with van der Waals surface area (Å²) in [7, 11) is 0. The summed E-state index contributed by atoms with van der Waals surface area (Å²) in [4.78, 5) is 34.0. The van der Waals surface area contributed by atoms with Gasteiger partial charge in [0.15, 0.2) is 0 Å². The molecule has 0 saturated carbocycles. The van der Waals surface area contributed by atoms with E-state index >= 15 is 0 Å². The van der Waals surface area contributed by atoms with Crippen molar-refractivity contribution in [3.05, 3.63) is 48.2 Å². The molecule has 1 aromatic carbocycles. The van der Waals surface area contributed by atoms with Crippen LogP contribution >= 0.6 is 0 Å². The van der Waals surface area contributed by atoms with Gasteiger partial charge >= 0.3 is 6.09 Å². The van der Waals surface area contributed by atoms with Crippen LogP contribution in [0.25, 0.3) is 0 Å². The van der Waals surface area contributed by atoms with Crippen LogP contribution in [0.2, 0.25) is 0 Å². The molecule has 2 amide bonds. The lowest BCUT2D eigenvalue weighted by Gasteiger charge is -2.31. The number of piperidine rings is 1. The van der Waals surface area contributed by atoms with Crippen LogP contribution in [0.15, 0.2) is 36.7 Å². The van der Waals surface area contributed by atoms with Gasteiger partial charge in [-0.1, -0.05) is 0 Å². The fourth-order valence-corrected chi connectivity index (χ4v) is 2.87. The average Bonchev–Trinajstić information content (AvgIpc) is 2.71. The first kappa shape index (κ1) is 19.5. The Morgan fingerprint density at radius 2 is 1.89 bits per heavy atom. The zero-order valence-corrected chi connectivity index (χ0v) is 15.5. The molecule has 2 heterocycles. The number of ether oxygens (including phenoxy) is 1. The van der Waals surface area contributed by atoms with Crippen LogP contribution in [0.5, 0.6) is 0 Å². The first-order valence-electron chi connectivity index (χ1n) is 9.12. The van der Waals surface area contributed by atoms with E-state index < -0.39 is 0 Å². The number of aromatic nitrogens is 2. The lowest BCUT2D eigenvalue weighted by atomic mass is 10.1. The molecule has 1 aliphatic heterocycles. The summed E-state index contributed by atoms with van der Waals surface area (Å²) >= 11 is 0. The van der Waals surface area contributed by atoms with E-state index in [2.05, 4.69) is 20.6 Å². The molecule has 0 spiro atoms. The summed E-state index contributed by atoms with van der Waals surface area (Å²) in [6, 6.07) is 5.81. The Bertz CT molecular complexity index is 805. The highest BCUT2D eigenvalue weighted by atomic mass is 19.1. The number of rotatable bonds is 5. The second-order valence-corrected chi connectivity index (χ2v) is 6.35. The molecule has 1 aromatic heterocycles. The predicted molar refractivity (Wildman–Crippen MR) is 101 cm³/mol. The number of amides is 2. The quantitative estimate of drug-likeness (QED) is 0.819. The van der Waals surface area contributed by atoms with Crippen LogP contribution in [-0.4, -0.2) is 52.6 Å². The molecule has 1 aliphatic rings. The Hall–Kier alpha value is -3.23. The van der Waals surface area contributed by atoms with Gasteiger partial charge in [0, 0.05) is 24.8 Å². The smallest absolute Gasteiger partial charge is 0.409 e. The highest BCUT2D eigenvalue weighted by molar-refractivity contribution is 5.92. The van der Waals surface area contributed by atoms with Gasteiger partial charge in [0.25, 0.3) is 5.91 Å². The molecule has 0 aliphatic carbocycles. The SMILES string of the molecule is CCOC(=O)N1CCC(NC(=O)c2cnc(Nc3ccc(F)cc3)cn2)CC1. The van der Waals surface area contributed by atoms with Gasteiger partial charge < -0.3 is 20.3 Å². The summed E-state index contributed by atoms with van der Waals surface area (Å²) < 4.78 is 17.9. The Balaban J connectivity index is 1.50. The molecule has 3 rings (SSSR count). The number of likely N-dealkylation sites (tertiary alicyclic amines) is 1.